The number of rotatable bonds is 3. The third-order valence-electron chi connectivity index (χ3n) is 5.62. The summed E-state index contributed by atoms with van der Waals surface area (Å²) in [5.74, 6) is 2.26. The zero-order chi connectivity index (χ0) is 17.4. The average molecular weight is 342 g/mol. The number of likely N-dealkylation sites (tertiary alicyclic amines) is 2. The lowest BCUT2D eigenvalue weighted by Gasteiger charge is -2.32. The van der Waals surface area contributed by atoms with E-state index < -0.39 is 0 Å². The van der Waals surface area contributed by atoms with Crippen LogP contribution in [-0.2, 0) is 4.79 Å². The van der Waals surface area contributed by atoms with E-state index in [2.05, 4.69) is 20.2 Å². The zero-order valence-corrected chi connectivity index (χ0v) is 15.1. The highest BCUT2D eigenvalue weighted by Gasteiger charge is 2.29. The summed E-state index contributed by atoms with van der Waals surface area (Å²) in [7, 11) is 0. The predicted octanol–water partition coefficient (Wildman–Crippen LogP) is 1.48. The van der Waals surface area contributed by atoms with Crippen LogP contribution in [0.25, 0.3) is 5.65 Å². The van der Waals surface area contributed by atoms with Crippen LogP contribution >= 0.6 is 0 Å². The number of hydrogen-bond acceptors (Lipinski definition) is 5. The molecule has 4 rings (SSSR count). The van der Waals surface area contributed by atoms with Crippen LogP contribution in [0.4, 0.5) is 0 Å². The fourth-order valence-electron chi connectivity index (χ4n) is 4.16. The highest BCUT2D eigenvalue weighted by molar-refractivity contribution is 5.73. The Labute approximate surface area is 148 Å². The van der Waals surface area contributed by atoms with Gasteiger partial charge in [-0.05, 0) is 57.3 Å². The van der Waals surface area contributed by atoms with Gasteiger partial charge < -0.3 is 9.80 Å². The van der Waals surface area contributed by atoms with E-state index >= 15 is 0 Å². The van der Waals surface area contributed by atoms with Crippen LogP contribution in [0.2, 0.25) is 0 Å². The lowest BCUT2D eigenvalue weighted by molar-refractivity contribution is -0.127. The van der Waals surface area contributed by atoms with Crippen molar-refractivity contribution in [1.82, 2.24) is 29.6 Å². The minimum atomic E-state index is 0.211. The van der Waals surface area contributed by atoms with Crippen molar-refractivity contribution in [3.63, 3.8) is 0 Å². The summed E-state index contributed by atoms with van der Waals surface area (Å²) < 4.78 is 1.91. The molecular weight excluding hydrogens is 316 g/mol. The van der Waals surface area contributed by atoms with Crippen LogP contribution in [0, 0.1) is 12.8 Å². The van der Waals surface area contributed by atoms with Gasteiger partial charge in [-0.25, -0.2) is 0 Å². The van der Waals surface area contributed by atoms with Crippen molar-refractivity contribution in [3.8, 4) is 0 Å². The molecule has 0 radical (unpaired) electrons. The number of fused-ring (bicyclic) bond motifs is 1. The molecule has 0 aromatic carbocycles. The molecule has 7 nitrogen and oxygen atoms in total. The molecule has 2 saturated heterocycles. The molecule has 25 heavy (non-hydrogen) atoms. The summed E-state index contributed by atoms with van der Waals surface area (Å²) >= 11 is 0. The molecule has 1 atom stereocenters. The molecule has 7 heteroatoms. The Kier molecular flexibility index (Phi) is 4.41. The van der Waals surface area contributed by atoms with E-state index in [4.69, 9.17) is 0 Å². The molecule has 0 aliphatic carbocycles. The normalized spacial score (nSPS) is 22.8. The van der Waals surface area contributed by atoms with Gasteiger partial charge in [0.05, 0.1) is 5.69 Å². The molecule has 134 valence electrons. The van der Waals surface area contributed by atoms with E-state index in [1.54, 1.807) is 6.92 Å². The first kappa shape index (κ1) is 16.4. The first-order valence-electron chi connectivity index (χ1n) is 9.27. The van der Waals surface area contributed by atoms with E-state index in [1.165, 1.54) is 0 Å². The van der Waals surface area contributed by atoms with Crippen LogP contribution in [0.15, 0.2) is 12.1 Å². The second-order valence-electron chi connectivity index (χ2n) is 7.50. The first-order chi connectivity index (χ1) is 12.1. The second kappa shape index (κ2) is 6.71. The van der Waals surface area contributed by atoms with E-state index in [9.17, 15) is 4.79 Å². The molecule has 0 spiro atoms. The smallest absolute Gasteiger partial charge is 0.219 e. The van der Waals surface area contributed by atoms with Crippen LogP contribution in [-0.4, -0.2) is 68.2 Å². The molecule has 2 aliphatic heterocycles. The second-order valence-corrected chi connectivity index (χ2v) is 7.50. The highest BCUT2D eigenvalue weighted by atomic mass is 16.2. The Morgan fingerprint density at radius 1 is 1.16 bits per heavy atom. The lowest BCUT2D eigenvalue weighted by Crippen LogP contribution is -2.38. The monoisotopic (exact) mass is 342 g/mol. The van der Waals surface area contributed by atoms with Gasteiger partial charge >= 0.3 is 0 Å². The summed E-state index contributed by atoms with van der Waals surface area (Å²) in [5, 5.41) is 13.2. The maximum Gasteiger partial charge on any atom is 0.219 e. The van der Waals surface area contributed by atoms with Crippen LogP contribution < -0.4 is 0 Å². The summed E-state index contributed by atoms with van der Waals surface area (Å²) in [6.07, 6.45) is 3.33. The summed E-state index contributed by atoms with van der Waals surface area (Å²) in [5.41, 5.74) is 1.82. The van der Waals surface area contributed by atoms with Crippen molar-refractivity contribution >= 4 is 11.6 Å². The van der Waals surface area contributed by atoms with Gasteiger partial charge in [0.2, 0.25) is 5.91 Å². The van der Waals surface area contributed by atoms with Crippen LogP contribution in [0.5, 0.6) is 0 Å². The number of piperidine rings is 1. The molecule has 1 unspecified atom stereocenters. The molecule has 1 amide bonds. The van der Waals surface area contributed by atoms with Crippen molar-refractivity contribution in [2.24, 2.45) is 5.92 Å². The fourth-order valence-corrected chi connectivity index (χ4v) is 4.16. The molecule has 0 saturated carbocycles. The van der Waals surface area contributed by atoms with Crippen LogP contribution in [0.3, 0.4) is 0 Å². The zero-order valence-electron chi connectivity index (χ0n) is 15.1. The minimum absolute atomic E-state index is 0.211. The van der Waals surface area contributed by atoms with Crippen molar-refractivity contribution in [2.75, 3.05) is 32.7 Å². The number of carbonyl (C=O) groups is 1. The Bertz CT molecular complexity index is 764. The average Bonchev–Trinajstić information content (AvgIpc) is 3.22. The Hall–Kier alpha value is -2.02. The fraction of sp³-hybridized carbons (Fsp3) is 0.667. The molecule has 4 heterocycles. The maximum absolute atomic E-state index is 11.5. The molecule has 2 aliphatic rings. The minimum Gasteiger partial charge on any atom is -0.343 e. The third-order valence-corrected chi connectivity index (χ3v) is 5.62. The van der Waals surface area contributed by atoms with Crippen molar-refractivity contribution in [3.05, 3.63) is 23.7 Å². The molecule has 2 aromatic heterocycles. The van der Waals surface area contributed by atoms with Gasteiger partial charge in [-0.3, -0.25) is 4.79 Å². The summed E-state index contributed by atoms with van der Waals surface area (Å²) in [4.78, 5) is 16.0. The quantitative estimate of drug-likeness (QED) is 0.845. The molecule has 2 fully saturated rings. The van der Waals surface area contributed by atoms with E-state index in [1.807, 2.05) is 28.5 Å². The van der Waals surface area contributed by atoms with Gasteiger partial charge in [-0.1, -0.05) is 0 Å². The van der Waals surface area contributed by atoms with E-state index in [-0.39, 0.29) is 5.91 Å². The van der Waals surface area contributed by atoms with Gasteiger partial charge in [0.25, 0.3) is 0 Å². The number of nitrogens with zero attached hydrogens (tertiary/aromatic N) is 6. The number of aromatic nitrogens is 4. The van der Waals surface area contributed by atoms with E-state index in [0.717, 1.165) is 69.2 Å². The lowest BCUT2D eigenvalue weighted by atomic mass is 9.95. The first-order valence-corrected chi connectivity index (χ1v) is 9.27. The molecule has 0 N–H and O–H groups in total. The van der Waals surface area contributed by atoms with Gasteiger partial charge in [0.15, 0.2) is 11.5 Å². The SMILES string of the molecule is CC(=O)N1CCC(CN2CCC(c3nnc4ccc(C)nn34)CC2)C1. The highest BCUT2D eigenvalue weighted by Crippen LogP contribution is 2.28. The molecule has 0 bridgehead atoms. The Morgan fingerprint density at radius 2 is 1.96 bits per heavy atom. The van der Waals surface area contributed by atoms with Crippen molar-refractivity contribution in [2.45, 2.75) is 39.0 Å². The Morgan fingerprint density at radius 3 is 2.68 bits per heavy atom. The van der Waals surface area contributed by atoms with Gasteiger partial charge in [-0.2, -0.15) is 9.61 Å². The van der Waals surface area contributed by atoms with Crippen molar-refractivity contribution in [1.29, 1.82) is 0 Å². The third kappa shape index (κ3) is 3.38. The topological polar surface area (TPSA) is 66.6 Å². The van der Waals surface area contributed by atoms with Gasteiger partial charge in [-0.15, -0.1) is 10.2 Å². The number of aryl methyl sites for hydroxylation is 1. The largest absolute Gasteiger partial charge is 0.343 e. The van der Waals surface area contributed by atoms with Crippen molar-refractivity contribution < 1.29 is 4.79 Å². The van der Waals surface area contributed by atoms with Gasteiger partial charge in [0, 0.05) is 32.5 Å². The predicted molar refractivity (Wildman–Crippen MR) is 94.3 cm³/mol. The standard InChI is InChI=1S/C18H26N6O/c1-13-3-4-17-19-20-18(24(17)21-13)16-6-8-22(9-7-16)11-15-5-10-23(12-15)14(2)25/h3-4,15-16H,5-12H2,1-2H3. The molecular formula is C18H26N6O. The summed E-state index contributed by atoms with van der Waals surface area (Å²) in [6, 6.07) is 3.96. The molecule has 2 aromatic rings. The maximum atomic E-state index is 11.5. The Balaban J connectivity index is 1.35. The van der Waals surface area contributed by atoms with Gasteiger partial charge in [0.1, 0.15) is 0 Å². The number of amides is 1. The van der Waals surface area contributed by atoms with Crippen LogP contribution in [0.1, 0.15) is 43.6 Å². The van der Waals surface area contributed by atoms with E-state index in [0.29, 0.717) is 11.8 Å². The number of hydrogen-bond donors (Lipinski definition) is 0. The number of carbonyl (C=O) groups excluding carboxylic acids is 1. The summed E-state index contributed by atoms with van der Waals surface area (Å²) in [6.45, 7) is 8.79.